The summed E-state index contributed by atoms with van der Waals surface area (Å²) in [4.78, 5) is 4.36. The number of β-amino-alcohol motifs (C(OH)–C–C–N with tert-alkyl or cyclic N) is 1. The Balaban J connectivity index is 1.49. The zero-order chi connectivity index (χ0) is 20.0. The molecule has 0 spiro atoms. The summed E-state index contributed by atoms with van der Waals surface area (Å²) in [7, 11) is -1.30. The second kappa shape index (κ2) is 9.89. The number of rotatable bonds is 8. The van der Waals surface area contributed by atoms with E-state index in [9.17, 15) is 13.5 Å². The summed E-state index contributed by atoms with van der Waals surface area (Å²) in [6, 6.07) is 5.90. The van der Waals surface area contributed by atoms with Gasteiger partial charge in [-0.05, 0) is 17.7 Å². The van der Waals surface area contributed by atoms with Crippen LogP contribution < -0.4 is 14.8 Å². The van der Waals surface area contributed by atoms with Gasteiger partial charge in [-0.1, -0.05) is 6.07 Å². The molecule has 2 saturated heterocycles. The van der Waals surface area contributed by atoms with Crippen molar-refractivity contribution in [2.24, 2.45) is 0 Å². The first-order chi connectivity index (χ1) is 13.4. The number of aliphatic hydroxyl groups excluding tert-OH is 1. The van der Waals surface area contributed by atoms with E-state index in [4.69, 9.17) is 9.47 Å². The van der Waals surface area contributed by atoms with E-state index in [1.54, 1.807) is 7.11 Å². The van der Waals surface area contributed by atoms with E-state index in [0.717, 1.165) is 32.7 Å². The van der Waals surface area contributed by atoms with Crippen LogP contribution in [0.4, 0.5) is 0 Å². The molecule has 2 fully saturated rings. The molecule has 0 radical (unpaired) electrons. The highest BCUT2D eigenvalue weighted by Gasteiger charge is 2.23. The SMILES string of the molecule is COc1cc(CN2CCNCC2)ccc1OCC(O)CN1CCS(=O)(=O)CC1. The van der Waals surface area contributed by atoms with Gasteiger partial charge in [0.2, 0.25) is 0 Å². The Morgan fingerprint density at radius 1 is 1.11 bits per heavy atom. The van der Waals surface area contributed by atoms with Crippen LogP contribution in [0.15, 0.2) is 18.2 Å². The largest absolute Gasteiger partial charge is 0.493 e. The third-order valence-electron chi connectivity index (χ3n) is 5.18. The summed E-state index contributed by atoms with van der Waals surface area (Å²) in [5.74, 6) is 1.57. The maximum atomic E-state index is 11.5. The van der Waals surface area contributed by atoms with Crippen LogP contribution in [0.3, 0.4) is 0 Å². The molecular weight excluding hydrogens is 382 g/mol. The molecule has 28 heavy (non-hydrogen) atoms. The number of ether oxygens (including phenoxy) is 2. The molecule has 2 N–H and O–H groups in total. The smallest absolute Gasteiger partial charge is 0.161 e. The molecule has 0 saturated carbocycles. The molecule has 158 valence electrons. The number of benzene rings is 1. The van der Waals surface area contributed by atoms with Crippen molar-refractivity contribution in [2.45, 2.75) is 12.6 Å². The van der Waals surface area contributed by atoms with Gasteiger partial charge in [-0.15, -0.1) is 0 Å². The van der Waals surface area contributed by atoms with Crippen molar-refractivity contribution in [2.75, 3.05) is 71.0 Å². The summed E-state index contributed by atoms with van der Waals surface area (Å²) >= 11 is 0. The van der Waals surface area contributed by atoms with Crippen molar-refractivity contribution >= 4 is 9.84 Å². The summed E-state index contributed by atoms with van der Waals surface area (Å²) in [6.45, 7) is 6.43. The minimum absolute atomic E-state index is 0.136. The number of piperazine rings is 1. The molecule has 3 rings (SSSR count). The molecule has 0 aromatic heterocycles. The number of nitrogens with zero attached hydrogens (tertiary/aromatic N) is 2. The molecule has 2 aliphatic rings. The third-order valence-corrected chi connectivity index (χ3v) is 6.79. The molecule has 2 aliphatic heterocycles. The number of aliphatic hydroxyl groups is 1. The molecule has 1 aromatic carbocycles. The number of sulfone groups is 1. The number of hydrogen-bond donors (Lipinski definition) is 2. The van der Waals surface area contributed by atoms with Gasteiger partial charge in [-0.2, -0.15) is 0 Å². The van der Waals surface area contributed by atoms with Crippen LogP contribution in [0, 0.1) is 0 Å². The lowest BCUT2D eigenvalue weighted by molar-refractivity contribution is 0.0699. The number of nitrogens with one attached hydrogen (secondary N) is 1. The molecule has 9 heteroatoms. The molecule has 0 aliphatic carbocycles. The van der Waals surface area contributed by atoms with Crippen molar-refractivity contribution in [3.63, 3.8) is 0 Å². The van der Waals surface area contributed by atoms with Gasteiger partial charge >= 0.3 is 0 Å². The first-order valence-electron chi connectivity index (χ1n) is 9.79. The van der Waals surface area contributed by atoms with Crippen molar-refractivity contribution < 1.29 is 23.0 Å². The molecule has 2 heterocycles. The van der Waals surface area contributed by atoms with E-state index < -0.39 is 15.9 Å². The van der Waals surface area contributed by atoms with Crippen molar-refractivity contribution in [3.05, 3.63) is 23.8 Å². The van der Waals surface area contributed by atoms with E-state index >= 15 is 0 Å². The average molecular weight is 414 g/mol. The normalized spacial score (nSPS) is 21.9. The van der Waals surface area contributed by atoms with Crippen LogP contribution in [-0.2, 0) is 16.4 Å². The van der Waals surface area contributed by atoms with Crippen LogP contribution >= 0.6 is 0 Å². The predicted octanol–water partition coefficient (Wildman–Crippen LogP) is -0.429. The first-order valence-corrected chi connectivity index (χ1v) is 11.6. The fourth-order valence-electron chi connectivity index (χ4n) is 3.53. The van der Waals surface area contributed by atoms with Gasteiger partial charge in [0, 0.05) is 52.4 Å². The van der Waals surface area contributed by atoms with E-state index in [1.807, 2.05) is 23.1 Å². The number of hydrogen-bond acceptors (Lipinski definition) is 8. The van der Waals surface area contributed by atoms with Crippen LogP contribution in [0.2, 0.25) is 0 Å². The molecular formula is C19H31N3O5S. The van der Waals surface area contributed by atoms with E-state index in [1.165, 1.54) is 5.56 Å². The molecule has 1 atom stereocenters. The summed E-state index contributed by atoms with van der Waals surface area (Å²) in [5, 5.41) is 13.6. The fourth-order valence-corrected chi connectivity index (χ4v) is 4.80. The third kappa shape index (κ3) is 6.31. The van der Waals surface area contributed by atoms with Gasteiger partial charge in [0.25, 0.3) is 0 Å². The van der Waals surface area contributed by atoms with Crippen LogP contribution in [0.5, 0.6) is 11.5 Å². The van der Waals surface area contributed by atoms with Crippen LogP contribution in [-0.4, -0.2) is 100 Å². The van der Waals surface area contributed by atoms with Crippen LogP contribution in [0.1, 0.15) is 5.56 Å². The standard InChI is InChI=1S/C19H31N3O5S/c1-26-19-12-16(13-21-6-4-20-5-7-21)2-3-18(19)27-15-17(23)14-22-8-10-28(24,25)11-9-22/h2-3,12,17,20,23H,4-11,13-15H2,1H3. The number of methoxy groups -OCH3 is 1. The Labute approximate surface area is 167 Å². The van der Waals surface area contributed by atoms with Crippen LogP contribution in [0.25, 0.3) is 0 Å². The summed E-state index contributed by atoms with van der Waals surface area (Å²) in [5.41, 5.74) is 1.17. The highest BCUT2D eigenvalue weighted by Crippen LogP contribution is 2.28. The van der Waals surface area contributed by atoms with Crippen molar-refractivity contribution in [1.82, 2.24) is 15.1 Å². The average Bonchev–Trinajstić information content (AvgIpc) is 2.69. The van der Waals surface area contributed by atoms with E-state index in [0.29, 0.717) is 31.1 Å². The Kier molecular flexibility index (Phi) is 7.53. The zero-order valence-corrected chi connectivity index (χ0v) is 17.3. The minimum atomic E-state index is -2.91. The Hall–Kier alpha value is -1.39. The maximum absolute atomic E-state index is 11.5. The maximum Gasteiger partial charge on any atom is 0.161 e. The minimum Gasteiger partial charge on any atom is -0.493 e. The predicted molar refractivity (Wildman–Crippen MR) is 108 cm³/mol. The van der Waals surface area contributed by atoms with Gasteiger partial charge in [0.05, 0.1) is 18.6 Å². The zero-order valence-electron chi connectivity index (χ0n) is 16.5. The lowest BCUT2D eigenvalue weighted by Gasteiger charge is -2.28. The molecule has 0 bridgehead atoms. The van der Waals surface area contributed by atoms with Crippen molar-refractivity contribution in [3.8, 4) is 11.5 Å². The summed E-state index contributed by atoms with van der Waals surface area (Å²) < 4.78 is 34.2. The quantitative estimate of drug-likeness (QED) is 0.593. The van der Waals surface area contributed by atoms with E-state index in [-0.39, 0.29) is 18.1 Å². The lowest BCUT2D eigenvalue weighted by Crippen LogP contribution is -2.44. The van der Waals surface area contributed by atoms with Crippen molar-refractivity contribution in [1.29, 1.82) is 0 Å². The highest BCUT2D eigenvalue weighted by molar-refractivity contribution is 7.91. The molecule has 1 aromatic rings. The topological polar surface area (TPSA) is 91.3 Å². The first kappa shape index (κ1) is 21.3. The highest BCUT2D eigenvalue weighted by atomic mass is 32.2. The van der Waals surface area contributed by atoms with E-state index in [2.05, 4.69) is 10.2 Å². The molecule has 0 amide bonds. The van der Waals surface area contributed by atoms with Gasteiger partial charge in [-0.3, -0.25) is 9.80 Å². The second-order valence-corrected chi connectivity index (χ2v) is 9.73. The fraction of sp³-hybridized carbons (Fsp3) is 0.684. The Morgan fingerprint density at radius 2 is 1.82 bits per heavy atom. The summed E-state index contributed by atoms with van der Waals surface area (Å²) in [6.07, 6.45) is -0.689. The van der Waals surface area contributed by atoms with Gasteiger partial charge in [0.1, 0.15) is 12.7 Å². The van der Waals surface area contributed by atoms with Gasteiger partial charge in [0.15, 0.2) is 21.3 Å². The van der Waals surface area contributed by atoms with Gasteiger partial charge in [-0.25, -0.2) is 8.42 Å². The Morgan fingerprint density at radius 3 is 2.50 bits per heavy atom. The monoisotopic (exact) mass is 413 g/mol. The molecule has 1 unspecified atom stereocenters. The van der Waals surface area contributed by atoms with Gasteiger partial charge < -0.3 is 19.9 Å². The molecule has 8 nitrogen and oxygen atoms in total. The Bertz CT molecular complexity index is 723. The lowest BCUT2D eigenvalue weighted by atomic mass is 10.1. The second-order valence-electron chi connectivity index (χ2n) is 7.43.